The highest BCUT2D eigenvalue weighted by molar-refractivity contribution is 7.58. The van der Waals surface area contributed by atoms with Gasteiger partial charge in [0.15, 0.2) is 0 Å². The summed E-state index contributed by atoms with van der Waals surface area (Å²) in [5.41, 5.74) is 0.683. The number of benzene rings is 1. The Morgan fingerprint density at radius 2 is 1.74 bits per heavy atom. The number of hydrogen-bond acceptors (Lipinski definition) is 3. The summed E-state index contributed by atoms with van der Waals surface area (Å²) in [6.45, 7) is 4.03. The van der Waals surface area contributed by atoms with Crippen LogP contribution in [-0.4, -0.2) is 13.2 Å². The van der Waals surface area contributed by atoms with Crippen LogP contribution in [0.1, 0.15) is 31.4 Å². The van der Waals surface area contributed by atoms with E-state index >= 15 is 0 Å². The van der Waals surface area contributed by atoms with Crippen molar-refractivity contribution in [2.75, 3.05) is 13.2 Å². The Bertz CT molecular complexity index is 867. The Labute approximate surface area is 156 Å². The van der Waals surface area contributed by atoms with Gasteiger partial charge in [0, 0.05) is 5.31 Å². The molecule has 0 aliphatic heterocycles. The summed E-state index contributed by atoms with van der Waals surface area (Å²) in [5, 5.41) is 0.682. The van der Waals surface area contributed by atoms with E-state index in [9.17, 15) is 17.7 Å². The van der Waals surface area contributed by atoms with Gasteiger partial charge in [-0.15, -0.1) is 0 Å². The van der Waals surface area contributed by atoms with Gasteiger partial charge in [0.1, 0.15) is 0 Å². The van der Waals surface area contributed by atoms with E-state index in [1.807, 2.05) is 0 Å². The van der Waals surface area contributed by atoms with E-state index in [0.717, 1.165) is 18.1 Å². The molecular weight excluding hydrogens is 376 g/mol. The quantitative estimate of drug-likeness (QED) is 0.566. The van der Waals surface area contributed by atoms with Gasteiger partial charge in [-0.3, -0.25) is 4.57 Å². The second kappa shape index (κ2) is 5.71. The minimum absolute atomic E-state index is 0.151. The van der Waals surface area contributed by atoms with E-state index in [4.69, 9.17) is 9.05 Å². The summed E-state index contributed by atoms with van der Waals surface area (Å²) in [4.78, 5) is 0. The predicted octanol–water partition coefficient (Wildman–Crippen LogP) is 5.82. The summed E-state index contributed by atoms with van der Waals surface area (Å²) >= 11 is 0. The van der Waals surface area contributed by atoms with Gasteiger partial charge in [0.2, 0.25) is 0 Å². The lowest BCUT2D eigenvalue weighted by Crippen LogP contribution is -2.11. The number of rotatable bonds is 6. The van der Waals surface area contributed by atoms with Crippen LogP contribution in [0.2, 0.25) is 0 Å². The van der Waals surface area contributed by atoms with Crippen molar-refractivity contribution in [2.24, 2.45) is 35.5 Å². The maximum absolute atomic E-state index is 13.7. The molecule has 6 rings (SSSR count). The molecule has 2 unspecified atom stereocenters. The van der Waals surface area contributed by atoms with Crippen LogP contribution in [0, 0.1) is 35.5 Å². The predicted molar refractivity (Wildman–Crippen MR) is 94.8 cm³/mol. The number of alkyl halides is 3. The van der Waals surface area contributed by atoms with Crippen molar-refractivity contribution in [3.05, 3.63) is 40.7 Å². The number of hydrogen-bond donors (Lipinski definition) is 0. The minimum atomic E-state index is -4.40. The molecule has 1 aromatic rings. The Kier molecular flexibility index (Phi) is 3.80. The lowest BCUT2D eigenvalue weighted by molar-refractivity contribution is -0.137. The molecule has 0 radical (unpaired) electrons. The summed E-state index contributed by atoms with van der Waals surface area (Å²) in [6, 6.07) is 5.44. The van der Waals surface area contributed by atoms with E-state index in [2.05, 4.69) is 0 Å². The summed E-state index contributed by atoms with van der Waals surface area (Å²) in [6.07, 6.45) is -3.31. The summed E-state index contributed by atoms with van der Waals surface area (Å²) < 4.78 is 64.8. The van der Waals surface area contributed by atoms with Crippen LogP contribution >= 0.6 is 7.60 Å². The van der Waals surface area contributed by atoms with Gasteiger partial charge < -0.3 is 9.05 Å². The van der Waals surface area contributed by atoms with Crippen molar-refractivity contribution in [2.45, 2.75) is 26.4 Å². The third-order valence-corrected chi connectivity index (χ3v) is 9.23. The van der Waals surface area contributed by atoms with Gasteiger partial charge in [-0.25, -0.2) is 0 Å². The largest absolute Gasteiger partial charge is 0.416 e. The van der Waals surface area contributed by atoms with Crippen LogP contribution in [0.4, 0.5) is 13.2 Å². The van der Waals surface area contributed by atoms with Crippen molar-refractivity contribution in [3.63, 3.8) is 0 Å². The standard InChI is InChI=1S/C20H22F3O3P/c1-3-25-27(24,26-4-2)19-14(10-6-5-7-11(8-10)20(21,22)23)15-13-9-12-16(15)17(12)18(13)19/h5-8,12-13,15-18H,3-4,9H2,1-2H3/t12-,13+,15-,16?,17?,18-/m1/s1. The van der Waals surface area contributed by atoms with E-state index < -0.39 is 19.3 Å². The summed E-state index contributed by atoms with van der Waals surface area (Å²) in [7, 11) is -3.51. The SMILES string of the molecule is CCOP(=O)(OCC)C1=C(c2cccc(C(F)(F)F)c2)[C@@H]2C3C4[C@@H]3C[C@@H]2[C@@H]14. The first-order valence-electron chi connectivity index (χ1n) is 9.63. The molecule has 0 aromatic heterocycles. The number of halogens is 3. The zero-order valence-electron chi connectivity index (χ0n) is 15.2. The highest BCUT2D eigenvalue weighted by atomic mass is 31.2. The molecule has 0 heterocycles. The molecule has 3 nitrogen and oxygen atoms in total. The van der Waals surface area contributed by atoms with Gasteiger partial charge >= 0.3 is 13.8 Å². The number of allylic oxidation sites excluding steroid dienone is 2. The smallest absolute Gasteiger partial charge is 0.306 e. The maximum atomic E-state index is 13.7. The van der Waals surface area contributed by atoms with Crippen molar-refractivity contribution >= 4 is 13.2 Å². The molecule has 6 bridgehead atoms. The molecule has 4 fully saturated rings. The fourth-order valence-electron chi connectivity index (χ4n) is 6.35. The zero-order valence-corrected chi connectivity index (χ0v) is 16.1. The van der Waals surface area contributed by atoms with E-state index in [0.29, 0.717) is 34.5 Å². The van der Waals surface area contributed by atoms with E-state index in [1.54, 1.807) is 19.9 Å². The van der Waals surface area contributed by atoms with Crippen molar-refractivity contribution in [1.82, 2.24) is 0 Å². The molecular formula is C20H22F3O3P. The lowest BCUT2D eigenvalue weighted by Gasteiger charge is -2.26. The topological polar surface area (TPSA) is 35.5 Å². The Morgan fingerprint density at radius 1 is 1.07 bits per heavy atom. The minimum Gasteiger partial charge on any atom is -0.306 e. The molecule has 27 heavy (non-hydrogen) atoms. The van der Waals surface area contributed by atoms with Crippen LogP contribution in [0.15, 0.2) is 29.6 Å². The fraction of sp³-hybridized carbons (Fsp3) is 0.600. The van der Waals surface area contributed by atoms with Gasteiger partial charge in [-0.05, 0) is 79.0 Å². The first-order chi connectivity index (χ1) is 12.8. The van der Waals surface area contributed by atoms with Crippen molar-refractivity contribution in [1.29, 1.82) is 0 Å². The first kappa shape index (κ1) is 18.0. The summed E-state index contributed by atoms with van der Waals surface area (Å²) in [5.74, 6) is 2.46. The zero-order chi connectivity index (χ0) is 19.1. The van der Waals surface area contributed by atoms with Gasteiger partial charge in [-0.1, -0.05) is 12.1 Å². The lowest BCUT2D eigenvalue weighted by atomic mass is 9.89. The van der Waals surface area contributed by atoms with Crippen LogP contribution in [-0.2, 0) is 19.8 Å². The second-order valence-corrected chi connectivity index (χ2v) is 9.97. The van der Waals surface area contributed by atoms with Crippen molar-refractivity contribution < 1.29 is 26.8 Å². The average molecular weight is 398 g/mol. The Morgan fingerprint density at radius 3 is 2.33 bits per heavy atom. The highest BCUT2D eigenvalue weighted by Gasteiger charge is 2.79. The molecule has 6 atom stereocenters. The fourth-order valence-corrected chi connectivity index (χ4v) is 8.68. The van der Waals surface area contributed by atoms with Gasteiger partial charge in [-0.2, -0.15) is 13.2 Å². The molecule has 1 aromatic carbocycles. The van der Waals surface area contributed by atoms with Crippen LogP contribution in [0.3, 0.4) is 0 Å². The molecule has 5 aliphatic carbocycles. The molecule has 7 heteroatoms. The Hall–Kier alpha value is -1.10. The van der Waals surface area contributed by atoms with Gasteiger partial charge in [0.25, 0.3) is 0 Å². The normalized spacial score (nSPS) is 36.0. The monoisotopic (exact) mass is 398 g/mol. The second-order valence-electron chi connectivity index (χ2n) is 7.98. The van der Waals surface area contributed by atoms with E-state index in [-0.39, 0.29) is 25.0 Å². The highest BCUT2D eigenvalue weighted by Crippen LogP contribution is 2.87. The molecule has 146 valence electrons. The first-order valence-corrected chi connectivity index (χ1v) is 11.2. The van der Waals surface area contributed by atoms with Crippen LogP contribution in [0.5, 0.6) is 0 Å². The van der Waals surface area contributed by atoms with Crippen molar-refractivity contribution in [3.8, 4) is 0 Å². The molecule has 0 N–H and O–H groups in total. The molecule has 0 spiro atoms. The third-order valence-electron chi connectivity index (χ3n) is 6.91. The third kappa shape index (κ3) is 2.33. The van der Waals surface area contributed by atoms with Crippen LogP contribution < -0.4 is 0 Å². The van der Waals surface area contributed by atoms with E-state index in [1.165, 1.54) is 12.1 Å². The van der Waals surface area contributed by atoms with Gasteiger partial charge in [0.05, 0.1) is 18.8 Å². The molecule has 0 saturated heterocycles. The molecule has 5 aliphatic rings. The average Bonchev–Trinajstić information content (AvgIpc) is 2.95. The molecule has 0 amide bonds. The molecule has 4 saturated carbocycles. The van der Waals surface area contributed by atoms with Crippen LogP contribution in [0.25, 0.3) is 5.57 Å². The maximum Gasteiger partial charge on any atom is 0.416 e. The Balaban J connectivity index is 1.68.